The third-order valence-electron chi connectivity index (χ3n) is 3.63. The number of methoxy groups -OCH3 is 1. The fourth-order valence-corrected chi connectivity index (χ4v) is 2.10. The van der Waals surface area contributed by atoms with Crippen LogP contribution in [0.4, 0.5) is 4.39 Å². The Hall–Kier alpha value is -2.11. The number of carbonyl (C=O) groups is 2. The molecule has 1 aliphatic rings. The maximum absolute atomic E-state index is 13.8. The van der Waals surface area contributed by atoms with Gasteiger partial charge in [0.1, 0.15) is 17.1 Å². The summed E-state index contributed by atoms with van der Waals surface area (Å²) >= 11 is 0. The molecule has 0 spiro atoms. The number of carboxylic acid groups (broad SMARTS) is 1. The molecule has 0 aliphatic heterocycles. The smallest absolute Gasteiger partial charge is 0.329 e. The molecule has 2 N–H and O–H groups in total. The largest absolute Gasteiger partial charge is 0.497 e. The average molecular weight is 281 g/mol. The zero-order chi connectivity index (χ0) is 14.9. The molecular weight excluding hydrogens is 265 g/mol. The number of benzene rings is 1. The zero-order valence-corrected chi connectivity index (χ0v) is 11.3. The van der Waals surface area contributed by atoms with Crippen molar-refractivity contribution in [2.75, 3.05) is 7.11 Å². The second kappa shape index (κ2) is 5.11. The van der Waals surface area contributed by atoms with E-state index < -0.39 is 23.2 Å². The van der Waals surface area contributed by atoms with Crippen LogP contribution < -0.4 is 10.1 Å². The summed E-state index contributed by atoms with van der Waals surface area (Å²) in [6, 6.07) is 3.82. The highest BCUT2D eigenvalue weighted by Gasteiger charge is 2.48. The summed E-state index contributed by atoms with van der Waals surface area (Å²) in [4.78, 5) is 23.4. The van der Waals surface area contributed by atoms with Gasteiger partial charge in [-0.3, -0.25) is 4.79 Å². The van der Waals surface area contributed by atoms with Crippen LogP contribution in [-0.2, 0) is 4.79 Å². The van der Waals surface area contributed by atoms with E-state index in [4.69, 9.17) is 4.74 Å². The summed E-state index contributed by atoms with van der Waals surface area (Å²) in [6.07, 6.45) is 1.49. The third kappa shape index (κ3) is 2.59. The van der Waals surface area contributed by atoms with Crippen molar-refractivity contribution in [1.82, 2.24) is 5.32 Å². The van der Waals surface area contributed by atoms with Gasteiger partial charge < -0.3 is 15.2 Å². The van der Waals surface area contributed by atoms with Crippen molar-refractivity contribution in [2.45, 2.75) is 25.3 Å². The molecule has 5 nitrogen and oxygen atoms in total. The van der Waals surface area contributed by atoms with E-state index in [0.29, 0.717) is 5.75 Å². The highest BCUT2D eigenvalue weighted by Crippen LogP contribution is 2.40. The SMILES string of the molecule is COc1ccc(C(=O)NC(C)(C(=O)O)C2CC2)c(F)c1. The summed E-state index contributed by atoms with van der Waals surface area (Å²) in [5, 5.41) is 11.7. The molecule has 108 valence electrons. The standard InChI is InChI=1S/C14H16FNO4/c1-14(13(18)19,8-3-4-8)16-12(17)10-6-5-9(20-2)7-11(10)15/h5-8H,3-4H2,1-2H3,(H,16,17)(H,18,19). The van der Waals surface area contributed by atoms with E-state index in [-0.39, 0.29) is 11.5 Å². The van der Waals surface area contributed by atoms with Gasteiger partial charge in [0.15, 0.2) is 0 Å². The summed E-state index contributed by atoms with van der Waals surface area (Å²) in [6.45, 7) is 1.45. The van der Waals surface area contributed by atoms with Gasteiger partial charge in [0.25, 0.3) is 5.91 Å². The lowest BCUT2D eigenvalue weighted by Crippen LogP contribution is -2.54. The van der Waals surface area contributed by atoms with Crippen LogP contribution in [-0.4, -0.2) is 29.6 Å². The maximum Gasteiger partial charge on any atom is 0.329 e. The Balaban J connectivity index is 2.21. The lowest BCUT2D eigenvalue weighted by molar-refractivity contribution is -0.144. The molecule has 1 aliphatic carbocycles. The van der Waals surface area contributed by atoms with Crippen molar-refractivity contribution >= 4 is 11.9 Å². The highest BCUT2D eigenvalue weighted by molar-refractivity contribution is 5.98. The van der Waals surface area contributed by atoms with Crippen LogP contribution in [0.2, 0.25) is 0 Å². The van der Waals surface area contributed by atoms with Crippen molar-refractivity contribution < 1.29 is 23.8 Å². The number of carboxylic acids is 1. The number of aliphatic carboxylic acids is 1. The number of ether oxygens (including phenoxy) is 1. The van der Waals surface area contributed by atoms with Crippen LogP contribution in [0.3, 0.4) is 0 Å². The molecule has 0 heterocycles. The third-order valence-corrected chi connectivity index (χ3v) is 3.63. The fourth-order valence-electron chi connectivity index (χ4n) is 2.10. The first kappa shape index (κ1) is 14.3. The van der Waals surface area contributed by atoms with Gasteiger partial charge in [-0.05, 0) is 37.8 Å². The van der Waals surface area contributed by atoms with E-state index in [1.54, 1.807) is 0 Å². The second-order valence-corrected chi connectivity index (χ2v) is 5.08. The second-order valence-electron chi connectivity index (χ2n) is 5.08. The quantitative estimate of drug-likeness (QED) is 0.863. The van der Waals surface area contributed by atoms with Gasteiger partial charge in [-0.1, -0.05) is 0 Å². The molecule has 1 aromatic rings. The molecule has 1 unspecified atom stereocenters. The van der Waals surface area contributed by atoms with E-state index >= 15 is 0 Å². The van der Waals surface area contributed by atoms with Crippen molar-refractivity contribution in [2.24, 2.45) is 5.92 Å². The van der Waals surface area contributed by atoms with Crippen LogP contribution in [0.1, 0.15) is 30.1 Å². The lowest BCUT2D eigenvalue weighted by Gasteiger charge is -2.26. The van der Waals surface area contributed by atoms with E-state index in [0.717, 1.165) is 18.9 Å². The molecule has 0 bridgehead atoms. The van der Waals surface area contributed by atoms with Crippen molar-refractivity contribution in [1.29, 1.82) is 0 Å². The molecule has 1 fully saturated rings. The number of hydrogen-bond acceptors (Lipinski definition) is 3. The first-order chi connectivity index (χ1) is 9.38. The monoisotopic (exact) mass is 281 g/mol. The zero-order valence-electron chi connectivity index (χ0n) is 11.3. The normalized spacial score (nSPS) is 17.1. The van der Waals surface area contributed by atoms with Crippen molar-refractivity contribution in [3.63, 3.8) is 0 Å². The molecule has 0 radical (unpaired) electrons. The first-order valence-corrected chi connectivity index (χ1v) is 6.28. The minimum absolute atomic E-state index is 0.106. The number of rotatable bonds is 5. The summed E-state index contributed by atoms with van der Waals surface area (Å²) < 4.78 is 18.6. The fraction of sp³-hybridized carbons (Fsp3) is 0.429. The van der Waals surface area contributed by atoms with Crippen LogP contribution >= 0.6 is 0 Å². The van der Waals surface area contributed by atoms with E-state index in [1.807, 2.05) is 0 Å². The average Bonchev–Trinajstić information content (AvgIpc) is 3.22. The summed E-state index contributed by atoms with van der Waals surface area (Å²) in [7, 11) is 1.39. The van der Waals surface area contributed by atoms with Gasteiger partial charge in [-0.2, -0.15) is 0 Å². The van der Waals surface area contributed by atoms with Crippen molar-refractivity contribution in [3.05, 3.63) is 29.6 Å². The van der Waals surface area contributed by atoms with Gasteiger partial charge in [0, 0.05) is 6.07 Å². The minimum atomic E-state index is -1.36. The van der Waals surface area contributed by atoms with Crippen LogP contribution in [0.25, 0.3) is 0 Å². The van der Waals surface area contributed by atoms with Crippen LogP contribution in [0.15, 0.2) is 18.2 Å². The molecule has 2 rings (SSSR count). The number of amides is 1. The topological polar surface area (TPSA) is 75.6 Å². The summed E-state index contributed by atoms with van der Waals surface area (Å²) in [5.41, 5.74) is -1.55. The predicted octanol–water partition coefficient (Wildman–Crippen LogP) is 1.82. The Morgan fingerprint density at radius 2 is 2.10 bits per heavy atom. The van der Waals surface area contributed by atoms with Gasteiger partial charge in [-0.25, -0.2) is 9.18 Å². The predicted molar refractivity (Wildman–Crippen MR) is 69.2 cm³/mol. The molecule has 1 atom stereocenters. The Morgan fingerprint density at radius 3 is 2.55 bits per heavy atom. The number of nitrogens with one attached hydrogen (secondary N) is 1. The van der Waals surface area contributed by atoms with Gasteiger partial charge in [0.2, 0.25) is 0 Å². The van der Waals surface area contributed by atoms with E-state index in [1.165, 1.54) is 26.2 Å². The number of hydrogen-bond donors (Lipinski definition) is 2. The molecule has 1 amide bonds. The summed E-state index contributed by atoms with van der Waals surface area (Å²) in [5.74, 6) is -2.40. The number of carbonyl (C=O) groups excluding carboxylic acids is 1. The first-order valence-electron chi connectivity index (χ1n) is 6.28. The lowest BCUT2D eigenvalue weighted by atomic mass is 9.95. The Bertz CT molecular complexity index is 556. The molecular formula is C14H16FNO4. The van der Waals surface area contributed by atoms with Crippen molar-refractivity contribution in [3.8, 4) is 5.75 Å². The molecule has 0 saturated heterocycles. The molecule has 1 saturated carbocycles. The Morgan fingerprint density at radius 1 is 1.45 bits per heavy atom. The van der Waals surface area contributed by atoms with Crippen LogP contribution in [0.5, 0.6) is 5.75 Å². The molecule has 20 heavy (non-hydrogen) atoms. The van der Waals surface area contributed by atoms with Gasteiger partial charge in [-0.15, -0.1) is 0 Å². The van der Waals surface area contributed by atoms with Gasteiger partial charge in [0.05, 0.1) is 12.7 Å². The Labute approximate surface area is 115 Å². The molecule has 1 aromatic carbocycles. The Kier molecular flexibility index (Phi) is 3.65. The molecule has 0 aromatic heterocycles. The number of halogens is 1. The minimum Gasteiger partial charge on any atom is -0.497 e. The van der Waals surface area contributed by atoms with Crippen LogP contribution in [0, 0.1) is 11.7 Å². The van der Waals surface area contributed by atoms with Gasteiger partial charge >= 0.3 is 5.97 Å². The highest BCUT2D eigenvalue weighted by atomic mass is 19.1. The maximum atomic E-state index is 13.8. The molecule has 6 heteroatoms. The van der Waals surface area contributed by atoms with E-state index in [2.05, 4.69) is 5.32 Å². The van der Waals surface area contributed by atoms with E-state index in [9.17, 15) is 19.1 Å².